The smallest absolute Gasteiger partial charge is 0.216 e. The van der Waals surface area contributed by atoms with E-state index in [1.807, 2.05) is 6.07 Å². The van der Waals surface area contributed by atoms with E-state index < -0.39 is 0 Å². The summed E-state index contributed by atoms with van der Waals surface area (Å²) < 4.78 is 5.31. The third-order valence-electron chi connectivity index (χ3n) is 3.39. The molecule has 2 heteroatoms. The van der Waals surface area contributed by atoms with Gasteiger partial charge in [-0.15, -0.1) is 0 Å². The average Bonchev–Trinajstić information content (AvgIpc) is 2.98. The topological polar surface area (TPSA) is 22.1 Å². The summed E-state index contributed by atoms with van der Waals surface area (Å²) in [5, 5.41) is 0. The molecule has 1 aromatic heterocycles. The van der Waals surface area contributed by atoms with Crippen molar-refractivity contribution in [3.05, 3.63) is 23.9 Å². The number of methoxy groups -OCH3 is 1. The SMILES string of the molecule is COc1ncccc1C1(C(C)C)CC1. The van der Waals surface area contributed by atoms with Crippen molar-refractivity contribution in [2.24, 2.45) is 5.92 Å². The molecule has 2 nitrogen and oxygen atoms in total. The fourth-order valence-corrected chi connectivity index (χ4v) is 2.22. The summed E-state index contributed by atoms with van der Waals surface area (Å²) in [7, 11) is 1.70. The van der Waals surface area contributed by atoms with Crippen molar-refractivity contribution in [1.29, 1.82) is 0 Å². The summed E-state index contributed by atoms with van der Waals surface area (Å²) in [6.45, 7) is 4.55. The molecule has 0 bridgehead atoms. The summed E-state index contributed by atoms with van der Waals surface area (Å²) >= 11 is 0. The van der Waals surface area contributed by atoms with Gasteiger partial charge in [-0.1, -0.05) is 19.9 Å². The minimum atomic E-state index is 0.347. The minimum absolute atomic E-state index is 0.347. The molecule has 0 atom stereocenters. The van der Waals surface area contributed by atoms with E-state index in [9.17, 15) is 0 Å². The van der Waals surface area contributed by atoms with Crippen molar-refractivity contribution in [2.75, 3.05) is 7.11 Å². The second-order valence-electron chi connectivity index (χ2n) is 4.37. The predicted molar refractivity (Wildman–Crippen MR) is 56.5 cm³/mol. The molecule has 1 fully saturated rings. The first-order valence-electron chi connectivity index (χ1n) is 5.20. The molecule has 1 heterocycles. The van der Waals surface area contributed by atoms with Gasteiger partial charge in [0.2, 0.25) is 5.88 Å². The van der Waals surface area contributed by atoms with E-state index in [4.69, 9.17) is 4.74 Å². The van der Waals surface area contributed by atoms with Gasteiger partial charge in [0, 0.05) is 17.2 Å². The molecule has 0 unspecified atom stereocenters. The monoisotopic (exact) mass is 191 g/mol. The Balaban J connectivity index is 2.41. The summed E-state index contributed by atoms with van der Waals surface area (Å²) in [4.78, 5) is 4.26. The van der Waals surface area contributed by atoms with E-state index in [1.54, 1.807) is 13.3 Å². The Hall–Kier alpha value is -1.05. The van der Waals surface area contributed by atoms with Crippen molar-refractivity contribution >= 4 is 0 Å². The Bertz CT molecular complexity index is 329. The second-order valence-corrected chi connectivity index (χ2v) is 4.37. The van der Waals surface area contributed by atoms with Crippen molar-refractivity contribution in [2.45, 2.75) is 32.1 Å². The van der Waals surface area contributed by atoms with Gasteiger partial charge in [0.15, 0.2) is 0 Å². The lowest BCUT2D eigenvalue weighted by atomic mass is 9.85. The van der Waals surface area contributed by atoms with Gasteiger partial charge in [-0.05, 0) is 24.8 Å². The second kappa shape index (κ2) is 3.26. The number of aromatic nitrogens is 1. The highest BCUT2D eigenvalue weighted by atomic mass is 16.5. The lowest BCUT2D eigenvalue weighted by molar-refractivity contribution is 0.374. The van der Waals surface area contributed by atoms with Crippen molar-refractivity contribution < 1.29 is 4.74 Å². The first kappa shape index (κ1) is 9.50. The molecule has 14 heavy (non-hydrogen) atoms. The van der Waals surface area contributed by atoms with E-state index in [2.05, 4.69) is 24.9 Å². The third-order valence-corrected chi connectivity index (χ3v) is 3.39. The number of ether oxygens (including phenoxy) is 1. The van der Waals surface area contributed by atoms with Gasteiger partial charge in [-0.2, -0.15) is 0 Å². The largest absolute Gasteiger partial charge is 0.481 e. The molecular weight excluding hydrogens is 174 g/mol. The van der Waals surface area contributed by atoms with Gasteiger partial charge in [-0.25, -0.2) is 4.98 Å². The van der Waals surface area contributed by atoms with Gasteiger partial charge in [0.25, 0.3) is 0 Å². The van der Waals surface area contributed by atoms with Gasteiger partial charge < -0.3 is 4.74 Å². The van der Waals surface area contributed by atoms with E-state index in [-0.39, 0.29) is 0 Å². The Morgan fingerprint density at radius 2 is 2.14 bits per heavy atom. The van der Waals surface area contributed by atoms with Crippen molar-refractivity contribution in [3.8, 4) is 5.88 Å². The molecule has 76 valence electrons. The molecule has 0 amide bonds. The summed E-state index contributed by atoms with van der Waals surface area (Å²) in [6, 6.07) is 4.15. The Morgan fingerprint density at radius 3 is 2.64 bits per heavy atom. The van der Waals surface area contributed by atoms with Crippen LogP contribution in [0.5, 0.6) is 5.88 Å². The molecule has 1 saturated carbocycles. The molecule has 0 N–H and O–H groups in total. The Kier molecular flexibility index (Phi) is 2.22. The summed E-state index contributed by atoms with van der Waals surface area (Å²) in [5.74, 6) is 1.47. The van der Waals surface area contributed by atoms with Gasteiger partial charge in [0.1, 0.15) is 0 Å². The lowest BCUT2D eigenvalue weighted by Crippen LogP contribution is -2.16. The van der Waals surface area contributed by atoms with Crippen LogP contribution >= 0.6 is 0 Å². The van der Waals surface area contributed by atoms with Crippen LogP contribution in [0, 0.1) is 5.92 Å². The molecular formula is C12H17NO. The van der Waals surface area contributed by atoms with Crippen LogP contribution in [0.15, 0.2) is 18.3 Å². The van der Waals surface area contributed by atoms with Crippen LogP contribution in [0.1, 0.15) is 32.3 Å². The summed E-state index contributed by atoms with van der Waals surface area (Å²) in [6.07, 6.45) is 4.33. The molecule has 0 aliphatic heterocycles. The van der Waals surface area contributed by atoms with E-state index >= 15 is 0 Å². The zero-order chi connectivity index (χ0) is 10.2. The fourth-order valence-electron chi connectivity index (χ4n) is 2.22. The molecule has 1 aliphatic carbocycles. The molecule has 0 radical (unpaired) electrons. The van der Waals surface area contributed by atoms with Crippen LogP contribution < -0.4 is 4.74 Å². The van der Waals surface area contributed by atoms with Crippen LogP contribution in [0.3, 0.4) is 0 Å². The Labute approximate surface area is 85.3 Å². The molecule has 0 aromatic carbocycles. The van der Waals surface area contributed by atoms with Gasteiger partial charge in [-0.3, -0.25) is 0 Å². The van der Waals surface area contributed by atoms with Crippen LogP contribution in [-0.4, -0.2) is 12.1 Å². The molecule has 0 spiro atoms. The van der Waals surface area contributed by atoms with Crippen LogP contribution in [0.4, 0.5) is 0 Å². The average molecular weight is 191 g/mol. The van der Waals surface area contributed by atoms with Gasteiger partial charge in [0.05, 0.1) is 7.11 Å². The molecule has 1 aliphatic rings. The number of rotatable bonds is 3. The zero-order valence-electron chi connectivity index (χ0n) is 9.08. The highest BCUT2D eigenvalue weighted by Crippen LogP contribution is 2.55. The number of pyridine rings is 1. The van der Waals surface area contributed by atoms with Crippen LogP contribution in [-0.2, 0) is 5.41 Å². The van der Waals surface area contributed by atoms with E-state index in [0.29, 0.717) is 11.3 Å². The lowest BCUT2D eigenvalue weighted by Gasteiger charge is -2.21. The van der Waals surface area contributed by atoms with Crippen molar-refractivity contribution in [3.63, 3.8) is 0 Å². The highest BCUT2D eigenvalue weighted by Gasteiger charge is 2.48. The maximum absolute atomic E-state index is 5.31. The quantitative estimate of drug-likeness (QED) is 0.733. The molecule has 1 aromatic rings. The van der Waals surface area contributed by atoms with E-state index in [1.165, 1.54) is 18.4 Å². The highest BCUT2D eigenvalue weighted by molar-refractivity contribution is 5.39. The van der Waals surface area contributed by atoms with Crippen LogP contribution in [0.2, 0.25) is 0 Å². The number of nitrogens with zero attached hydrogens (tertiary/aromatic N) is 1. The summed E-state index contributed by atoms with van der Waals surface area (Å²) in [5.41, 5.74) is 1.64. The number of hydrogen-bond acceptors (Lipinski definition) is 2. The fraction of sp³-hybridized carbons (Fsp3) is 0.583. The van der Waals surface area contributed by atoms with Gasteiger partial charge >= 0.3 is 0 Å². The Morgan fingerprint density at radius 1 is 1.43 bits per heavy atom. The number of hydrogen-bond donors (Lipinski definition) is 0. The first-order chi connectivity index (χ1) is 6.70. The predicted octanol–water partition coefficient (Wildman–Crippen LogP) is 2.78. The maximum Gasteiger partial charge on any atom is 0.216 e. The van der Waals surface area contributed by atoms with Crippen molar-refractivity contribution in [1.82, 2.24) is 4.98 Å². The van der Waals surface area contributed by atoms with E-state index in [0.717, 1.165) is 5.88 Å². The normalized spacial score (nSPS) is 18.3. The zero-order valence-corrected chi connectivity index (χ0v) is 9.08. The maximum atomic E-state index is 5.31. The third kappa shape index (κ3) is 1.29. The standard InChI is InChI=1S/C12H17NO/c1-9(2)12(6-7-12)10-5-4-8-13-11(10)14-3/h4-5,8-9H,6-7H2,1-3H3. The minimum Gasteiger partial charge on any atom is -0.481 e. The van der Waals surface area contributed by atoms with Crippen LogP contribution in [0.25, 0.3) is 0 Å². The molecule has 0 saturated heterocycles. The first-order valence-corrected chi connectivity index (χ1v) is 5.20. The molecule has 2 rings (SSSR count).